The van der Waals surface area contributed by atoms with Crippen molar-refractivity contribution in [3.63, 3.8) is 0 Å². The van der Waals surface area contributed by atoms with E-state index in [1.165, 1.54) is 0 Å². The molecule has 0 saturated carbocycles. The molecule has 3 heterocycles. The largest absolute Gasteiger partial charge is 0.439 e. The Hall–Kier alpha value is -3.37. The van der Waals surface area contributed by atoms with Crippen molar-refractivity contribution in [1.29, 1.82) is 5.26 Å². The number of pyridine rings is 1. The van der Waals surface area contributed by atoms with Crippen LogP contribution in [0.3, 0.4) is 0 Å². The van der Waals surface area contributed by atoms with Crippen molar-refractivity contribution in [3.8, 4) is 17.7 Å². The van der Waals surface area contributed by atoms with Crippen LogP contribution in [-0.4, -0.2) is 28.0 Å². The summed E-state index contributed by atoms with van der Waals surface area (Å²) >= 11 is 0. The Kier molecular flexibility index (Phi) is 5.96. The third-order valence-corrected chi connectivity index (χ3v) is 5.07. The molecular weight excluding hydrogens is 378 g/mol. The second-order valence-electron chi connectivity index (χ2n) is 7.65. The predicted octanol–water partition coefficient (Wildman–Crippen LogP) is 5.16. The molecule has 0 atom stereocenters. The van der Waals surface area contributed by atoms with E-state index in [1.807, 2.05) is 35.0 Å². The van der Waals surface area contributed by atoms with Crippen molar-refractivity contribution in [1.82, 2.24) is 14.8 Å². The van der Waals surface area contributed by atoms with Crippen molar-refractivity contribution in [2.75, 3.05) is 18.5 Å². The number of hydrogen-bond acceptors (Lipinski definition) is 6. The Morgan fingerprint density at radius 1 is 1.20 bits per heavy atom. The van der Waals surface area contributed by atoms with Crippen LogP contribution < -0.4 is 10.1 Å². The van der Waals surface area contributed by atoms with Gasteiger partial charge in [0, 0.05) is 37.2 Å². The van der Waals surface area contributed by atoms with E-state index in [4.69, 9.17) is 19.8 Å². The minimum absolute atomic E-state index is 0.273. The Balaban J connectivity index is 1.57. The van der Waals surface area contributed by atoms with Crippen LogP contribution in [0.5, 0.6) is 11.6 Å². The van der Waals surface area contributed by atoms with Gasteiger partial charge in [0.15, 0.2) is 0 Å². The van der Waals surface area contributed by atoms with Crippen LogP contribution in [-0.2, 0) is 4.74 Å². The highest BCUT2D eigenvalue weighted by molar-refractivity contribution is 5.59. The third-order valence-electron chi connectivity index (χ3n) is 5.07. The maximum atomic E-state index is 9.08. The molecule has 2 aromatic heterocycles. The molecule has 1 fully saturated rings. The van der Waals surface area contributed by atoms with Crippen LogP contribution in [0.1, 0.15) is 49.9 Å². The van der Waals surface area contributed by atoms with Gasteiger partial charge in [-0.15, -0.1) is 0 Å². The number of rotatable bonds is 6. The van der Waals surface area contributed by atoms with E-state index in [9.17, 15) is 0 Å². The van der Waals surface area contributed by atoms with E-state index in [1.54, 1.807) is 18.3 Å². The number of ether oxygens (including phenoxy) is 2. The van der Waals surface area contributed by atoms with Crippen molar-refractivity contribution in [3.05, 3.63) is 59.9 Å². The molecule has 7 heteroatoms. The number of aromatic nitrogens is 3. The highest BCUT2D eigenvalue weighted by atomic mass is 16.5. The number of anilines is 2. The summed E-state index contributed by atoms with van der Waals surface area (Å²) in [5, 5.41) is 17.1. The topological polar surface area (TPSA) is 85.0 Å². The Morgan fingerprint density at radius 3 is 2.80 bits per heavy atom. The summed E-state index contributed by atoms with van der Waals surface area (Å²) in [4.78, 5) is 4.36. The van der Waals surface area contributed by atoms with Crippen LogP contribution >= 0.6 is 0 Å². The molecule has 0 spiro atoms. The van der Waals surface area contributed by atoms with Gasteiger partial charge in [-0.05, 0) is 43.0 Å². The molecular formula is C23H25N5O2. The summed E-state index contributed by atoms with van der Waals surface area (Å²) in [6.07, 6.45) is 3.55. The van der Waals surface area contributed by atoms with Crippen LogP contribution in [0.2, 0.25) is 0 Å². The molecule has 0 unspecified atom stereocenters. The molecule has 0 bridgehead atoms. The quantitative estimate of drug-likeness (QED) is 0.612. The van der Waals surface area contributed by atoms with Gasteiger partial charge in [0.1, 0.15) is 11.6 Å². The molecule has 0 radical (unpaired) electrons. The lowest BCUT2D eigenvalue weighted by Crippen LogP contribution is -2.21. The maximum Gasteiger partial charge on any atom is 0.218 e. The van der Waals surface area contributed by atoms with Crippen LogP contribution in [0.25, 0.3) is 0 Å². The zero-order chi connectivity index (χ0) is 20.9. The molecule has 3 aromatic rings. The van der Waals surface area contributed by atoms with Gasteiger partial charge in [-0.3, -0.25) is 0 Å². The molecule has 7 nitrogen and oxygen atoms in total. The maximum absolute atomic E-state index is 9.08. The smallest absolute Gasteiger partial charge is 0.218 e. The summed E-state index contributed by atoms with van der Waals surface area (Å²) in [6, 6.07) is 15.4. The van der Waals surface area contributed by atoms with E-state index in [-0.39, 0.29) is 6.04 Å². The van der Waals surface area contributed by atoms with Crippen molar-refractivity contribution >= 4 is 11.5 Å². The van der Waals surface area contributed by atoms with Gasteiger partial charge < -0.3 is 14.8 Å². The van der Waals surface area contributed by atoms with E-state index >= 15 is 0 Å². The van der Waals surface area contributed by atoms with Crippen LogP contribution in [0.15, 0.2) is 48.7 Å². The van der Waals surface area contributed by atoms with Gasteiger partial charge in [0.05, 0.1) is 23.4 Å². The van der Waals surface area contributed by atoms with Gasteiger partial charge >= 0.3 is 0 Å². The second kappa shape index (κ2) is 8.97. The summed E-state index contributed by atoms with van der Waals surface area (Å²) in [5.41, 5.74) is 2.40. The molecule has 1 saturated heterocycles. The Labute approximate surface area is 176 Å². The zero-order valence-corrected chi connectivity index (χ0v) is 17.2. The Morgan fingerprint density at radius 2 is 2.03 bits per heavy atom. The fourth-order valence-electron chi connectivity index (χ4n) is 3.42. The first-order valence-electron chi connectivity index (χ1n) is 10.2. The second-order valence-corrected chi connectivity index (χ2v) is 7.65. The highest BCUT2D eigenvalue weighted by Gasteiger charge is 2.22. The molecule has 1 aliphatic rings. The number of nitriles is 1. The monoisotopic (exact) mass is 403 g/mol. The molecule has 0 amide bonds. The fraction of sp³-hybridized carbons (Fsp3) is 0.348. The molecule has 0 aliphatic carbocycles. The van der Waals surface area contributed by atoms with Gasteiger partial charge in [0.2, 0.25) is 5.88 Å². The lowest BCUT2D eigenvalue weighted by Gasteiger charge is -2.24. The van der Waals surface area contributed by atoms with Crippen LogP contribution in [0.4, 0.5) is 11.5 Å². The number of nitrogens with one attached hydrogen (secondary N) is 1. The summed E-state index contributed by atoms with van der Waals surface area (Å²) in [7, 11) is 0. The lowest BCUT2D eigenvalue weighted by molar-refractivity contribution is 0.0641. The first-order valence-corrected chi connectivity index (χ1v) is 10.2. The summed E-state index contributed by atoms with van der Waals surface area (Å²) in [6.45, 7) is 5.74. The van der Waals surface area contributed by atoms with E-state index in [2.05, 4.69) is 30.2 Å². The van der Waals surface area contributed by atoms with Crippen molar-refractivity contribution in [2.24, 2.45) is 0 Å². The van der Waals surface area contributed by atoms with E-state index in [0.29, 0.717) is 23.0 Å². The van der Waals surface area contributed by atoms with Crippen molar-refractivity contribution < 1.29 is 9.47 Å². The van der Waals surface area contributed by atoms with Gasteiger partial charge in [0.25, 0.3) is 0 Å². The van der Waals surface area contributed by atoms with E-state index < -0.39 is 0 Å². The van der Waals surface area contributed by atoms with Gasteiger partial charge in [-0.25, -0.2) is 9.67 Å². The van der Waals surface area contributed by atoms with Crippen LogP contribution in [0, 0.1) is 11.3 Å². The van der Waals surface area contributed by atoms with Crippen molar-refractivity contribution in [2.45, 2.75) is 38.6 Å². The normalized spacial score (nSPS) is 14.5. The molecule has 1 aliphatic heterocycles. The van der Waals surface area contributed by atoms with Gasteiger partial charge in [-0.1, -0.05) is 19.9 Å². The summed E-state index contributed by atoms with van der Waals surface area (Å²) < 4.78 is 13.7. The first kappa shape index (κ1) is 19.9. The van der Waals surface area contributed by atoms with Gasteiger partial charge in [-0.2, -0.15) is 10.4 Å². The average Bonchev–Trinajstić information content (AvgIpc) is 3.19. The Bertz CT molecular complexity index is 1050. The number of hydrogen-bond donors (Lipinski definition) is 1. The lowest BCUT2D eigenvalue weighted by atomic mass is 10.1. The zero-order valence-electron chi connectivity index (χ0n) is 17.2. The average molecular weight is 403 g/mol. The fourth-order valence-corrected chi connectivity index (χ4v) is 3.42. The number of nitrogens with zero attached hydrogens (tertiary/aromatic N) is 4. The first-order chi connectivity index (χ1) is 14.6. The predicted molar refractivity (Wildman–Crippen MR) is 114 cm³/mol. The molecule has 1 N–H and O–H groups in total. The SMILES string of the molecule is CC(C)c1cc(Oc2ccnc(Nc3cccc(C#N)c3)c2)n(C2CCOCC2)n1. The minimum Gasteiger partial charge on any atom is -0.439 e. The molecule has 4 rings (SSSR count). The molecule has 154 valence electrons. The standard InChI is InChI=1S/C23H25N5O2/c1-16(2)21-14-23(28(27-21)19-7-10-29-11-8-19)30-20-6-9-25-22(13-20)26-18-5-3-4-17(12-18)15-24/h3-6,9,12-14,16,19H,7-8,10-11H2,1-2H3,(H,25,26). The molecule has 1 aromatic carbocycles. The summed E-state index contributed by atoms with van der Waals surface area (Å²) in [5.74, 6) is 2.36. The minimum atomic E-state index is 0.273. The molecule has 30 heavy (non-hydrogen) atoms. The highest BCUT2D eigenvalue weighted by Crippen LogP contribution is 2.32. The number of benzene rings is 1. The third kappa shape index (κ3) is 4.61. The van der Waals surface area contributed by atoms with E-state index in [0.717, 1.165) is 43.3 Å².